The number of rotatable bonds is 5. The number of carbonyl (C=O) groups is 2. The Morgan fingerprint density at radius 1 is 1.19 bits per heavy atom. The molecule has 0 spiro atoms. The lowest BCUT2D eigenvalue weighted by atomic mass is 10.1. The van der Waals surface area contributed by atoms with E-state index in [1.807, 2.05) is 6.92 Å². The Bertz CT molecular complexity index is 793. The number of hydrogen-bond donors (Lipinski definition) is 0. The molecule has 0 aromatic heterocycles. The minimum Gasteiger partial charge on any atom is -0.454 e. The maximum Gasteiger partial charge on any atom is 0.348 e. The number of carbonyl (C=O) groups excluding carboxylic acids is 2. The number of fused-ring (bicyclic) bond motifs is 1. The van der Waals surface area contributed by atoms with E-state index in [9.17, 15) is 19.7 Å². The summed E-state index contributed by atoms with van der Waals surface area (Å²) in [7, 11) is 0. The van der Waals surface area contributed by atoms with E-state index < -0.39 is 28.2 Å². The topological polar surface area (TPSA) is 114 Å². The van der Waals surface area contributed by atoms with Gasteiger partial charge in [0.2, 0.25) is 6.79 Å². The molecule has 1 fully saturated rings. The van der Waals surface area contributed by atoms with Gasteiger partial charge in [-0.1, -0.05) is 13.3 Å². The minimum absolute atomic E-state index is 0.0142. The Hall–Kier alpha value is -3.10. The Labute approximate surface area is 148 Å². The molecule has 0 unspecified atom stereocenters. The third-order valence-corrected chi connectivity index (χ3v) is 4.06. The predicted molar refractivity (Wildman–Crippen MR) is 87.3 cm³/mol. The Kier molecular flexibility index (Phi) is 4.54. The van der Waals surface area contributed by atoms with Crippen LogP contribution in [0, 0.1) is 10.1 Å². The fourth-order valence-corrected chi connectivity index (χ4v) is 2.70. The standard InChI is InChI=1S/C17H17NO8/c1-3-4-5-17(2)25-15(19)11(16(20)26-17)6-10-7-13-14(24-9-23-13)8-12(10)18(21)22/h6-8H,3-5,9H2,1-2H3. The number of nitro benzene ring substituents is 1. The molecule has 26 heavy (non-hydrogen) atoms. The van der Waals surface area contributed by atoms with E-state index in [1.54, 1.807) is 0 Å². The van der Waals surface area contributed by atoms with Crippen LogP contribution in [0.3, 0.4) is 0 Å². The van der Waals surface area contributed by atoms with E-state index in [0.29, 0.717) is 12.8 Å². The van der Waals surface area contributed by atoms with Crippen LogP contribution in [0.2, 0.25) is 0 Å². The monoisotopic (exact) mass is 363 g/mol. The smallest absolute Gasteiger partial charge is 0.348 e. The molecular formula is C17H17NO8. The first-order valence-corrected chi connectivity index (χ1v) is 8.09. The molecule has 0 bridgehead atoms. The summed E-state index contributed by atoms with van der Waals surface area (Å²) in [5.41, 5.74) is -0.733. The summed E-state index contributed by atoms with van der Waals surface area (Å²) in [5, 5.41) is 11.3. The molecule has 3 rings (SSSR count). The van der Waals surface area contributed by atoms with E-state index in [4.69, 9.17) is 18.9 Å². The summed E-state index contributed by atoms with van der Waals surface area (Å²) in [6.07, 6.45) is 3.00. The van der Waals surface area contributed by atoms with E-state index >= 15 is 0 Å². The largest absolute Gasteiger partial charge is 0.454 e. The van der Waals surface area contributed by atoms with Gasteiger partial charge in [0.15, 0.2) is 11.5 Å². The molecule has 0 amide bonds. The summed E-state index contributed by atoms with van der Waals surface area (Å²) < 4.78 is 20.8. The second kappa shape index (κ2) is 6.66. The summed E-state index contributed by atoms with van der Waals surface area (Å²) in [4.78, 5) is 35.2. The van der Waals surface area contributed by atoms with Crippen molar-refractivity contribution in [1.29, 1.82) is 0 Å². The molecule has 0 radical (unpaired) electrons. The van der Waals surface area contributed by atoms with Gasteiger partial charge in [0, 0.05) is 13.3 Å². The van der Waals surface area contributed by atoms with E-state index in [0.717, 1.165) is 12.5 Å². The van der Waals surface area contributed by atoms with Crippen molar-refractivity contribution in [2.24, 2.45) is 0 Å². The second-order valence-electron chi connectivity index (χ2n) is 6.10. The van der Waals surface area contributed by atoms with Gasteiger partial charge in [-0.05, 0) is 18.6 Å². The van der Waals surface area contributed by atoms with Crippen LogP contribution in [0.15, 0.2) is 17.7 Å². The predicted octanol–water partition coefficient (Wildman–Crippen LogP) is 2.71. The molecule has 1 aromatic rings. The van der Waals surface area contributed by atoms with Gasteiger partial charge in [0.05, 0.1) is 16.6 Å². The van der Waals surface area contributed by atoms with E-state index in [2.05, 4.69) is 0 Å². The van der Waals surface area contributed by atoms with Gasteiger partial charge < -0.3 is 18.9 Å². The van der Waals surface area contributed by atoms with Crippen molar-refractivity contribution < 1.29 is 33.5 Å². The number of nitro groups is 1. The summed E-state index contributed by atoms with van der Waals surface area (Å²) in [6.45, 7) is 3.41. The number of ether oxygens (including phenoxy) is 4. The highest BCUT2D eigenvalue weighted by molar-refractivity contribution is 6.19. The van der Waals surface area contributed by atoms with Gasteiger partial charge >= 0.3 is 11.9 Å². The molecule has 2 aliphatic heterocycles. The number of esters is 2. The normalized spacial score (nSPS) is 21.2. The quantitative estimate of drug-likeness (QED) is 0.258. The lowest BCUT2D eigenvalue weighted by molar-refractivity contribution is -0.385. The van der Waals surface area contributed by atoms with Crippen LogP contribution in [0.5, 0.6) is 11.5 Å². The fourth-order valence-electron chi connectivity index (χ4n) is 2.70. The average molecular weight is 363 g/mol. The SMILES string of the molecule is CCCCC1(C)OC(=O)C(=Cc2cc3c(cc2[N+](=O)[O-])OCO3)C(=O)O1. The molecule has 138 valence electrons. The van der Waals surface area contributed by atoms with E-state index in [1.165, 1.54) is 19.1 Å². The van der Waals surface area contributed by atoms with Crippen molar-refractivity contribution in [1.82, 2.24) is 0 Å². The number of benzene rings is 1. The molecule has 0 N–H and O–H groups in total. The summed E-state index contributed by atoms with van der Waals surface area (Å²) in [6, 6.07) is 2.51. The molecular weight excluding hydrogens is 346 g/mol. The lowest BCUT2D eigenvalue weighted by Gasteiger charge is -2.33. The molecule has 9 nitrogen and oxygen atoms in total. The Morgan fingerprint density at radius 2 is 1.81 bits per heavy atom. The van der Waals surface area contributed by atoms with Crippen molar-refractivity contribution in [3.05, 3.63) is 33.4 Å². The minimum atomic E-state index is -1.33. The Morgan fingerprint density at radius 3 is 2.38 bits per heavy atom. The molecule has 1 saturated heterocycles. The summed E-state index contributed by atoms with van der Waals surface area (Å²) >= 11 is 0. The maximum absolute atomic E-state index is 12.3. The molecule has 0 atom stereocenters. The van der Waals surface area contributed by atoms with Crippen molar-refractivity contribution >= 4 is 23.7 Å². The number of nitrogens with zero attached hydrogens (tertiary/aromatic N) is 1. The third-order valence-electron chi connectivity index (χ3n) is 4.06. The summed E-state index contributed by atoms with van der Waals surface area (Å²) in [5.74, 6) is -2.59. The molecule has 0 saturated carbocycles. The van der Waals surface area contributed by atoms with Crippen molar-refractivity contribution in [2.75, 3.05) is 6.79 Å². The van der Waals surface area contributed by atoms with Gasteiger partial charge in [0.1, 0.15) is 5.57 Å². The van der Waals surface area contributed by atoms with Crippen LogP contribution in [0.25, 0.3) is 6.08 Å². The van der Waals surface area contributed by atoms with Gasteiger partial charge in [0.25, 0.3) is 11.5 Å². The van der Waals surface area contributed by atoms with Crippen LogP contribution in [-0.4, -0.2) is 29.4 Å². The zero-order chi connectivity index (χ0) is 18.9. The second-order valence-corrected chi connectivity index (χ2v) is 6.10. The van der Waals surface area contributed by atoms with Crippen LogP contribution in [-0.2, 0) is 19.1 Å². The van der Waals surface area contributed by atoms with Crippen LogP contribution in [0.1, 0.15) is 38.7 Å². The molecule has 9 heteroatoms. The Balaban J connectivity index is 1.94. The lowest BCUT2D eigenvalue weighted by Crippen LogP contribution is -2.44. The zero-order valence-corrected chi connectivity index (χ0v) is 14.3. The van der Waals surface area contributed by atoms with Gasteiger partial charge in [-0.15, -0.1) is 0 Å². The van der Waals surface area contributed by atoms with Crippen molar-refractivity contribution in [2.45, 2.75) is 38.9 Å². The van der Waals surface area contributed by atoms with Crippen LogP contribution in [0.4, 0.5) is 5.69 Å². The maximum atomic E-state index is 12.3. The number of unbranched alkanes of at least 4 members (excludes halogenated alkanes) is 1. The average Bonchev–Trinajstić information content (AvgIpc) is 3.02. The van der Waals surface area contributed by atoms with Crippen molar-refractivity contribution in [3.63, 3.8) is 0 Å². The van der Waals surface area contributed by atoms with Crippen LogP contribution >= 0.6 is 0 Å². The number of hydrogen-bond acceptors (Lipinski definition) is 8. The highest BCUT2D eigenvalue weighted by atomic mass is 16.7. The van der Waals surface area contributed by atoms with Crippen LogP contribution < -0.4 is 9.47 Å². The first-order valence-electron chi connectivity index (χ1n) is 8.09. The first kappa shape index (κ1) is 17.7. The first-order chi connectivity index (χ1) is 12.3. The number of cyclic esters (lactones) is 2. The van der Waals surface area contributed by atoms with Gasteiger partial charge in [-0.2, -0.15) is 0 Å². The third kappa shape index (κ3) is 3.32. The van der Waals surface area contributed by atoms with E-state index in [-0.39, 0.29) is 29.5 Å². The fraction of sp³-hybridized carbons (Fsp3) is 0.412. The molecule has 2 aliphatic rings. The molecule has 1 aromatic carbocycles. The molecule has 0 aliphatic carbocycles. The van der Waals surface area contributed by atoms with Gasteiger partial charge in [-0.25, -0.2) is 9.59 Å². The zero-order valence-electron chi connectivity index (χ0n) is 14.3. The highest BCUT2D eigenvalue weighted by Crippen LogP contribution is 2.39. The van der Waals surface area contributed by atoms with Crippen molar-refractivity contribution in [3.8, 4) is 11.5 Å². The molecule has 2 heterocycles. The highest BCUT2D eigenvalue weighted by Gasteiger charge is 2.42. The van der Waals surface area contributed by atoms with Gasteiger partial charge in [-0.3, -0.25) is 10.1 Å².